The first-order chi connectivity index (χ1) is 8.74. The molecule has 0 aliphatic rings. The zero-order valence-electron chi connectivity index (χ0n) is 12.1. The number of aromatic nitrogens is 2. The number of imidazole rings is 1. The van der Waals surface area contributed by atoms with E-state index in [2.05, 4.69) is 28.5 Å². The van der Waals surface area contributed by atoms with Crippen molar-refractivity contribution in [3.8, 4) is 0 Å². The van der Waals surface area contributed by atoms with Crippen LogP contribution in [0.25, 0.3) is 0 Å². The van der Waals surface area contributed by atoms with Gasteiger partial charge in [0.2, 0.25) is 0 Å². The van der Waals surface area contributed by atoms with Crippen LogP contribution >= 0.6 is 0 Å². The van der Waals surface area contributed by atoms with E-state index in [0.717, 1.165) is 26.2 Å². The smallest absolute Gasteiger partial charge is 0.108 e. The second kappa shape index (κ2) is 9.11. The number of hydrogen-bond acceptors (Lipinski definition) is 3. The molecule has 104 valence electrons. The van der Waals surface area contributed by atoms with E-state index in [1.165, 1.54) is 31.6 Å². The van der Waals surface area contributed by atoms with Crippen molar-refractivity contribution in [1.82, 2.24) is 14.5 Å². The van der Waals surface area contributed by atoms with Crippen LogP contribution in [0.2, 0.25) is 0 Å². The van der Waals surface area contributed by atoms with Gasteiger partial charge in [0.25, 0.3) is 0 Å². The summed E-state index contributed by atoms with van der Waals surface area (Å²) in [7, 11) is 4.25. The molecule has 0 fully saturated rings. The monoisotopic (exact) mass is 253 g/mol. The Labute approximate surface area is 111 Å². The summed E-state index contributed by atoms with van der Waals surface area (Å²) in [5, 5.41) is 0. The molecular weight excluding hydrogens is 226 g/mol. The third-order valence-corrected chi connectivity index (χ3v) is 2.99. The molecule has 0 aliphatic carbocycles. The summed E-state index contributed by atoms with van der Waals surface area (Å²) in [6.07, 6.45) is 8.78. The quantitative estimate of drug-likeness (QED) is 0.599. The second-order valence-electron chi connectivity index (χ2n) is 4.85. The van der Waals surface area contributed by atoms with E-state index in [1.807, 2.05) is 19.3 Å². The highest BCUT2D eigenvalue weighted by atomic mass is 16.5. The number of ether oxygens (including phenoxy) is 1. The molecule has 18 heavy (non-hydrogen) atoms. The van der Waals surface area contributed by atoms with Gasteiger partial charge in [-0.05, 0) is 40.4 Å². The Kier molecular flexibility index (Phi) is 7.69. The van der Waals surface area contributed by atoms with Crippen LogP contribution in [0.4, 0.5) is 0 Å². The van der Waals surface area contributed by atoms with E-state index in [9.17, 15) is 0 Å². The summed E-state index contributed by atoms with van der Waals surface area (Å²) in [5.74, 6) is 1.19. The third-order valence-electron chi connectivity index (χ3n) is 2.99. The summed E-state index contributed by atoms with van der Waals surface area (Å²) >= 11 is 0. The molecule has 1 aromatic rings. The largest absolute Gasteiger partial charge is 0.380 e. The molecule has 0 atom stereocenters. The van der Waals surface area contributed by atoms with E-state index >= 15 is 0 Å². The van der Waals surface area contributed by atoms with Gasteiger partial charge in [-0.1, -0.05) is 6.42 Å². The predicted octanol–water partition coefficient (Wildman–Crippen LogP) is 2.19. The fraction of sp³-hybridized carbons (Fsp3) is 0.786. The van der Waals surface area contributed by atoms with Gasteiger partial charge in [0.05, 0.1) is 6.61 Å². The van der Waals surface area contributed by atoms with Gasteiger partial charge >= 0.3 is 0 Å². The van der Waals surface area contributed by atoms with Gasteiger partial charge in [0, 0.05) is 32.0 Å². The van der Waals surface area contributed by atoms with E-state index in [4.69, 9.17) is 4.74 Å². The van der Waals surface area contributed by atoms with Crippen LogP contribution in [0.3, 0.4) is 0 Å². The zero-order valence-corrected chi connectivity index (χ0v) is 12.1. The zero-order chi connectivity index (χ0) is 13.2. The number of aryl methyl sites for hydroxylation is 1. The molecule has 1 rings (SSSR count). The summed E-state index contributed by atoms with van der Waals surface area (Å²) in [6.45, 7) is 5.69. The van der Waals surface area contributed by atoms with Crippen molar-refractivity contribution in [1.29, 1.82) is 0 Å². The highest BCUT2D eigenvalue weighted by Crippen LogP contribution is 2.05. The standard InChI is InChI=1S/C14H27N3O/c1-4-18-13-12-17-11-9-15-14(17)8-6-5-7-10-16(2)3/h9,11H,4-8,10,12-13H2,1-3H3. The van der Waals surface area contributed by atoms with Crippen LogP contribution in [0.5, 0.6) is 0 Å². The summed E-state index contributed by atoms with van der Waals surface area (Å²) in [5.41, 5.74) is 0. The first kappa shape index (κ1) is 15.2. The van der Waals surface area contributed by atoms with Crippen LogP contribution in [0.1, 0.15) is 32.0 Å². The van der Waals surface area contributed by atoms with Crippen molar-refractivity contribution in [3.63, 3.8) is 0 Å². The van der Waals surface area contributed by atoms with Crippen LogP contribution in [0, 0.1) is 0 Å². The predicted molar refractivity (Wildman–Crippen MR) is 74.8 cm³/mol. The molecule has 0 bridgehead atoms. The first-order valence-corrected chi connectivity index (χ1v) is 6.96. The lowest BCUT2D eigenvalue weighted by Gasteiger charge is -2.09. The maximum absolute atomic E-state index is 5.38. The Balaban J connectivity index is 2.19. The lowest BCUT2D eigenvalue weighted by Crippen LogP contribution is -2.13. The Bertz CT molecular complexity index is 310. The first-order valence-electron chi connectivity index (χ1n) is 6.96. The van der Waals surface area contributed by atoms with Gasteiger partial charge in [0.15, 0.2) is 0 Å². The van der Waals surface area contributed by atoms with Crippen molar-refractivity contribution in [2.24, 2.45) is 0 Å². The Hall–Kier alpha value is -0.870. The summed E-state index contributed by atoms with van der Waals surface area (Å²) in [6, 6.07) is 0. The number of hydrogen-bond donors (Lipinski definition) is 0. The Morgan fingerprint density at radius 3 is 2.83 bits per heavy atom. The van der Waals surface area contributed by atoms with Gasteiger partial charge in [-0.3, -0.25) is 0 Å². The topological polar surface area (TPSA) is 30.3 Å². The molecule has 0 aliphatic heterocycles. The number of rotatable bonds is 10. The van der Waals surface area contributed by atoms with Gasteiger partial charge < -0.3 is 14.2 Å². The van der Waals surface area contributed by atoms with Crippen molar-refractivity contribution in [2.45, 2.75) is 39.2 Å². The SMILES string of the molecule is CCOCCn1ccnc1CCCCCN(C)C. The minimum atomic E-state index is 0.778. The second-order valence-corrected chi connectivity index (χ2v) is 4.85. The van der Waals surface area contributed by atoms with Crippen molar-refractivity contribution in [2.75, 3.05) is 33.9 Å². The molecule has 0 aromatic carbocycles. The van der Waals surface area contributed by atoms with Gasteiger partial charge in [-0.15, -0.1) is 0 Å². The lowest BCUT2D eigenvalue weighted by molar-refractivity contribution is 0.138. The molecule has 0 unspecified atom stereocenters. The molecule has 0 saturated carbocycles. The van der Waals surface area contributed by atoms with E-state index in [1.54, 1.807) is 0 Å². The van der Waals surface area contributed by atoms with Crippen molar-refractivity contribution in [3.05, 3.63) is 18.2 Å². The van der Waals surface area contributed by atoms with Crippen LogP contribution in [-0.4, -0.2) is 48.3 Å². The molecule has 4 nitrogen and oxygen atoms in total. The number of unbranched alkanes of at least 4 members (excludes halogenated alkanes) is 2. The molecule has 0 spiro atoms. The maximum Gasteiger partial charge on any atom is 0.108 e. The number of nitrogens with zero attached hydrogens (tertiary/aromatic N) is 3. The van der Waals surface area contributed by atoms with Gasteiger partial charge in [-0.2, -0.15) is 0 Å². The fourth-order valence-electron chi connectivity index (χ4n) is 1.97. The molecular formula is C14H27N3O. The molecule has 1 heterocycles. The molecule has 4 heteroatoms. The highest BCUT2D eigenvalue weighted by Gasteiger charge is 2.02. The normalized spacial score (nSPS) is 11.3. The third kappa shape index (κ3) is 6.17. The van der Waals surface area contributed by atoms with Crippen LogP contribution in [-0.2, 0) is 17.7 Å². The molecule has 1 aromatic heterocycles. The maximum atomic E-state index is 5.38. The minimum Gasteiger partial charge on any atom is -0.380 e. The lowest BCUT2D eigenvalue weighted by atomic mass is 10.2. The average molecular weight is 253 g/mol. The van der Waals surface area contributed by atoms with Crippen LogP contribution in [0.15, 0.2) is 12.4 Å². The Morgan fingerprint density at radius 2 is 2.11 bits per heavy atom. The van der Waals surface area contributed by atoms with Crippen molar-refractivity contribution >= 4 is 0 Å². The van der Waals surface area contributed by atoms with E-state index < -0.39 is 0 Å². The van der Waals surface area contributed by atoms with Crippen molar-refractivity contribution < 1.29 is 4.74 Å². The van der Waals surface area contributed by atoms with E-state index in [0.29, 0.717) is 0 Å². The molecule has 0 radical (unpaired) electrons. The molecule has 0 amide bonds. The summed E-state index contributed by atoms with van der Waals surface area (Å²) in [4.78, 5) is 6.66. The Morgan fingerprint density at radius 1 is 1.28 bits per heavy atom. The van der Waals surface area contributed by atoms with Gasteiger partial charge in [0.1, 0.15) is 5.82 Å². The average Bonchev–Trinajstić information content (AvgIpc) is 2.76. The molecule has 0 saturated heterocycles. The van der Waals surface area contributed by atoms with E-state index in [-0.39, 0.29) is 0 Å². The van der Waals surface area contributed by atoms with Crippen LogP contribution < -0.4 is 0 Å². The van der Waals surface area contributed by atoms with Gasteiger partial charge in [-0.25, -0.2) is 4.98 Å². The molecule has 0 N–H and O–H groups in total. The minimum absolute atomic E-state index is 0.778. The summed E-state index contributed by atoms with van der Waals surface area (Å²) < 4.78 is 7.59. The fourth-order valence-corrected chi connectivity index (χ4v) is 1.97. The highest BCUT2D eigenvalue weighted by molar-refractivity contribution is 4.92.